The van der Waals surface area contributed by atoms with Gasteiger partial charge in [-0.05, 0) is 30.9 Å². The molecule has 3 rings (SSSR count). The molecule has 0 spiro atoms. The summed E-state index contributed by atoms with van der Waals surface area (Å²) in [5.74, 6) is -1.35. The molecule has 0 unspecified atom stereocenters. The molecule has 0 bridgehead atoms. The smallest absolute Gasteiger partial charge is 0.254 e. The van der Waals surface area contributed by atoms with Gasteiger partial charge in [0.05, 0.1) is 5.56 Å². The molecule has 8 heteroatoms. The quantitative estimate of drug-likeness (QED) is 0.827. The second-order valence-corrected chi connectivity index (χ2v) is 7.39. The van der Waals surface area contributed by atoms with E-state index in [2.05, 4.69) is 20.8 Å². The first-order valence-corrected chi connectivity index (χ1v) is 8.97. The molecule has 1 aromatic carbocycles. The van der Waals surface area contributed by atoms with Crippen molar-refractivity contribution in [1.29, 1.82) is 0 Å². The van der Waals surface area contributed by atoms with Gasteiger partial charge < -0.3 is 5.32 Å². The number of anilines is 1. The lowest BCUT2D eigenvalue weighted by atomic mass is 10.0. The van der Waals surface area contributed by atoms with Crippen LogP contribution in [0.4, 0.5) is 9.52 Å². The lowest BCUT2D eigenvalue weighted by Gasteiger charge is -2.21. The Morgan fingerprint density at radius 2 is 1.96 bits per heavy atom. The molecule has 2 aromatic rings. The Labute approximate surface area is 148 Å². The van der Waals surface area contributed by atoms with Crippen molar-refractivity contribution >= 4 is 28.3 Å². The summed E-state index contributed by atoms with van der Waals surface area (Å²) in [4.78, 5) is 24.8. The minimum atomic E-state index is -0.805. The topological polar surface area (TPSA) is 84.0 Å². The molecule has 6 nitrogen and oxygen atoms in total. The molecule has 0 radical (unpaired) electrons. The van der Waals surface area contributed by atoms with Gasteiger partial charge >= 0.3 is 0 Å². The molecule has 0 saturated heterocycles. The SMILES string of the molecule is CC(C)[C@@H](NC(=O)c1ccccc1F)C(=O)Nc1nnc(C2CC2)s1. The maximum absolute atomic E-state index is 13.7. The van der Waals surface area contributed by atoms with E-state index in [4.69, 9.17) is 0 Å². The molecule has 1 heterocycles. The number of nitrogens with zero attached hydrogens (tertiary/aromatic N) is 2. The van der Waals surface area contributed by atoms with Crippen molar-refractivity contribution in [2.75, 3.05) is 5.32 Å². The highest BCUT2D eigenvalue weighted by atomic mass is 32.1. The first-order chi connectivity index (χ1) is 12.0. The largest absolute Gasteiger partial charge is 0.340 e. The Bertz CT molecular complexity index is 788. The van der Waals surface area contributed by atoms with Crippen molar-refractivity contribution in [2.45, 2.75) is 38.6 Å². The molecule has 1 saturated carbocycles. The Balaban J connectivity index is 1.68. The summed E-state index contributed by atoms with van der Waals surface area (Å²) in [6, 6.07) is 4.86. The summed E-state index contributed by atoms with van der Waals surface area (Å²) < 4.78 is 13.7. The summed E-state index contributed by atoms with van der Waals surface area (Å²) in [6.07, 6.45) is 2.21. The van der Waals surface area contributed by atoms with Crippen LogP contribution in [0, 0.1) is 11.7 Å². The van der Waals surface area contributed by atoms with Crippen molar-refractivity contribution < 1.29 is 14.0 Å². The number of nitrogens with one attached hydrogen (secondary N) is 2. The van der Waals surface area contributed by atoms with E-state index in [9.17, 15) is 14.0 Å². The van der Waals surface area contributed by atoms with E-state index in [1.165, 1.54) is 29.5 Å². The van der Waals surface area contributed by atoms with E-state index < -0.39 is 23.7 Å². The van der Waals surface area contributed by atoms with Crippen molar-refractivity contribution in [3.63, 3.8) is 0 Å². The molecule has 1 fully saturated rings. The van der Waals surface area contributed by atoms with Crippen LogP contribution in [0.3, 0.4) is 0 Å². The number of amides is 2. The third-order valence-electron chi connectivity index (χ3n) is 3.95. The molecule has 1 aliphatic rings. The van der Waals surface area contributed by atoms with E-state index in [0.717, 1.165) is 17.8 Å². The zero-order valence-corrected chi connectivity index (χ0v) is 14.8. The predicted molar refractivity (Wildman–Crippen MR) is 93.0 cm³/mol. The van der Waals surface area contributed by atoms with Gasteiger partial charge in [-0.3, -0.25) is 14.9 Å². The number of hydrogen-bond donors (Lipinski definition) is 2. The summed E-state index contributed by atoms with van der Waals surface area (Å²) in [5, 5.41) is 14.7. The summed E-state index contributed by atoms with van der Waals surface area (Å²) in [7, 11) is 0. The van der Waals surface area contributed by atoms with Crippen LogP contribution >= 0.6 is 11.3 Å². The number of hydrogen-bond acceptors (Lipinski definition) is 5. The van der Waals surface area contributed by atoms with Crippen LogP contribution in [0.25, 0.3) is 0 Å². The number of benzene rings is 1. The number of carbonyl (C=O) groups is 2. The minimum Gasteiger partial charge on any atom is -0.340 e. The standard InChI is InChI=1S/C17H19FN4O2S/c1-9(2)13(19-14(23)11-5-3-4-6-12(11)18)15(24)20-17-22-21-16(25-17)10-7-8-10/h3-6,9-10,13H,7-8H2,1-2H3,(H,19,23)(H,20,22,24)/t13-/m1/s1. The van der Waals surface area contributed by atoms with Crippen LogP contribution in [-0.4, -0.2) is 28.1 Å². The van der Waals surface area contributed by atoms with E-state index in [0.29, 0.717) is 11.0 Å². The molecular weight excluding hydrogens is 343 g/mol. The molecule has 1 aliphatic carbocycles. The van der Waals surface area contributed by atoms with E-state index >= 15 is 0 Å². The number of halogens is 1. The molecular formula is C17H19FN4O2S. The third-order valence-corrected chi connectivity index (χ3v) is 4.95. The van der Waals surface area contributed by atoms with E-state index in [-0.39, 0.29) is 11.5 Å². The summed E-state index contributed by atoms with van der Waals surface area (Å²) in [5.41, 5.74) is -0.0899. The minimum absolute atomic E-state index is 0.0899. The fourth-order valence-electron chi connectivity index (χ4n) is 2.36. The Morgan fingerprint density at radius 1 is 1.24 bits per heavy atom. The van der Waals surface area contributed by atoms with Gasteiger partial charge in [-0.1, -0.05) is 37.3 Å². The van der Waals surface area contributed by atoms with Crippen LogP contribution in [0.15, 0.2) is 24.3 Å². The fourth-order valence-corrected chi connectivity index (χ4v) is 3.28. The lowest BCUT2D eigenvalue weighted by Crippen LogP contribution is -2.47. The maximum atomic E-state index is 13.7. The van der Waals surface area contributed by atoms with Crippen LogP contribution in [0.1, 0.15) is 48.0 Å². The van der Waals surface area contributed by atoms with Gasteiger partial charge in [0, 0.05) is 5.92 Å². The highest BCUT2D eigenvalue weighted by Gasteiger charge is 2.29. The zero-order valence-electron chi connectivity index (χ0n) is 14.0. The number of aromatic nitrogens is 2. The molecule has 25 heavy (non-hydrogen) atoms. The average molecular weight is 362 g/mol. The van der Waals surface area contributed by atoms with Gasteiger partial charge in [-0.2, -0.15) is 0 Å². The molecule has 132 valence electrons. The van der Waals surface area contributed by atoms with Gasteiger partial charge in [-0.15, -0.1) is 10.2 Å². The summed E-state index contributed by atoms with van der Waals surface area (Å²) >= 11 is 1.35. The molecule has 2 N–H and O–H groups in total. The zero-order chi connectivity index (χ0) is 18.0. The summed E-state index contributed by atoms with van der Waals surface area (Å²) in [6.45, 7) is 3.61. The van der Waals surface area contributed by atoms with Crippen LogP contribution in [0.5, 0.6) is 0 Å². The first kappa shape index (κ1) is 17.5. The van der Waals surface area contributed by atoms with Crippen LogP contribution in [-0.2, 0) is 4.79 Å². The van der Waals surface area contributed by atoms with E-state index in [1.807, 2.05) is 13.8 Å². The highest BCUT2D eigenvalue weighted by Crippen LogP contribution is 2.42. The van der Waals surface area contributed by atoms with Gasteiger partial charge in [0.2, 0.25) is 11.0 Å². The maximum Gasteiger partial charge on any atom is 0.254 e. The second-order valence-electron chi connectivity index (χ2n) is 6.38. The third kappa shape index (κ3) is 4.19. The molecule has 2 amide bonds. The Morgan fingerprint density at radius 3 is 2.60 bits per heavy atom. The van der Waals surface area contributed by atoms with Crippen molar-refractivity contribution in [2.24, 2.45) is 5.92 Å². The lowest BCUT2D eigenvalue weighted by molar-refractivity contribution is -0.118. The van der Waals surface area contributed by atoms with Crippen molar-refractivity contribution in [3.8, 4) is 0 Å². The van der Waals surface area contributed by atoms with Gasteiger partial charge in [0.15, 0.2) is 0 Å². The van der Waals surface area contributed by atoms with Gasteiger partial charge in [-0.25, -0.2) is 4.39 Å². The fraction of sp³-hybridized carbons (Fsp3) is 0.412. The van der Waals surface area contributed by atoms with Crippen molar-refractivity contribution in [3.05, 3.63) is 40.7 Å². The van der Waals surface area contributed by atoms with Gasteiger partial charge in [0.1, 0.15) is 16.9 Å². The Hall–Kier alpha value is -2.35. The van der Waals surface area contributed by atoms with Crippen LogP contribution < -0.4 is 10.6 Å². The normalized spacial score (nSPS) is 15.0. The van der Waals surface area contributed by atoms with Crippen LogP contribution in [0.2, 0.25) is 0 Å². The monoisotopic (exact) mass is 362 g/mol. The molecule has 1 atom stereocenters. The van der Waals surface area contributed by atoms with Crippen molar-refractivity contribution in [1.82, 2.24) is 15.5 Å². The molecule has 1 aromatic heterocycles. The number of carbonyl (C=O) groups excluding carboxylic acids is 2. The average Bonchev–Trinajstić information content (AvgIpc) is 3.32. The molecule has 0 aliphatic heterocycles. The first-order valence-electron chi connectivity index (χ1n) is 8.15. The second kappa shape index (κ2) is 7.26. The van der Waals surface area contributed by atoms with Gasteiger partial charge in [0.25, 0.3) is 5.91 Å². The van der Waals surface area contributed by atoms with E-state index in [1.54, 1.807) is 6.07 Å². The Kier molecular flexibility index (Phi) is 5.08. The predicted octanol–water partition coefficient (Wildman–Crippen LogP) is 2.95. The highest BCUT2D eigenvalue weighted by molar-refractivity contribution is 7.15. The number of rotatable bonds is 6.